The highest BCUT2D eigenvalue weighted by molar-refractivity contribution is 6.04. The van der Waals surface area contributed by atoms with E-state index in [0.29, 0.717) is 5.56 Å². The van der Waals surface area contributed by atoms with Gasteiger partial charge in [0.2, 0.25) is 0 Å². The topological polar surface area (TPSA) is 54.9 Å². The average molecular weight is 227 g/mol. The Hall–Kier alpha value is -2.23. The van der Waals surface area contributed by atoms with E-state index in [1.54, 1.807) is 0 Å². The van der Waals surface area contributed by atoms with Crippen LogP contribution >= 0.6 is 0 Å². The second kappa shape index (κ2) is 5.21. The molecule has 86 valence electrons. The highest BCUT2D eigenvalue weighted by atomic mass is 16.1. The fourth-order valence-corrected chi connectivity index (χ4v) is 1.56. The first-order valence-electron chi connectivity index (χ1n) is 5.45. The summed E-state index contributed by atoms with van der Waals surface area (Å²) in [6.45, 7) is 2.05. The molecule has 0 aliphatic carbocycles. The highest BCUT2D eigenvalue weighted by Crippen LogP contribution is 2.16. The quantitative estimate of drug-likeness (QED) is 0.875. The monoisotopic (exact) mass is 227 g/mol. The van der Waals surface area contributed by atoms with Crippen LogP contribution in [0.25, 0.3) is 0 Å². The van der Waals surface area contributed by atoms with E-state index in [0.717, 1.165) is 17.7 Å². The highest BCUT2D eigenvalue weighted by Gasteiger charge is 2.08. The third-order valence-electron chi connectivity index (χ3n) is 2.47. The number of hydrogen-bond acceptors (Lipinski definition) is 3. The van der Waals surface area contributed by atoms with Crippen molar-refractivity contribution >= 4 is 11.6 Å². The van der Waals surface area contributed by atoms with Gasteiger partial charge in [-0.1, -0.05) is 25.1 Å². The smallest absolute Gasteiger partial charge is 0.258 e. The molecule has 0 saturated carbocycles. The zero-order valence-electron chi connectivity index (χ0n) is 9.55. The minimum atomic E-state index is -0.188. The molecule has 0 saturated heterocycles. The summed E-state index contributed by atoms with van der Waals surface area (Å²) in [4.78, 5) is 19.5. The van der Waals surface area contributed by atoms with Crippen LogP contribution in [-0.4, -0.2) is 15.9 Å². The van der Waals surface area contributed by atoms with Gasteiger partial charge in [-0.2, -0.15) is 0 Å². The van der Waals surface area contributed by atoms with Crippen LogP contribution in [0.5, 0.6) is 0 Å². The molecule has 0 unspecified atom stereocenters. The number of nitrogens with zero attached hydrogens (tertiary/aromatic N) is 2. The van der Waals surface area contributed by atoms with Crippen LogP contribution < -0.4 is 5.32 Å². The normalized spacial score (nSPS) is 9.94. The molecule has 1 amide bonds. The summed E-state index contributed by atoms with van der Waals surface area (Å²) in [7, 11) is 0. The molecule has 2 aromatic rings. The molecule has 1 heterocycles. The van der Waals surface area contributed by atoms with E-state index in [1.165, 1.54) is 18.7 Å². The number of benzene rings is 1. The first kappa shape index (κ1) is 11.3. The van der Waals surface area contributed by atoms with Gasteiger partial charge in [0.05, 0.1) is 5.56 Å². The van der Waals surface area contributed by atoms with Gasteiger partial charge in [-0.15, -0.1) is 0 Å². The Morgan fingerprint density at radius 2 is 1.94 bits per heavy atom. The Balaban J connectivity index is 2.19. The Kier molecular flexibility index (Phi) is 3.45. The van der Waals surface area contributed by atoms with Gasteiger partial charge in [0.15, 0.2) is 0 Å². The third kappa shape index (κ3) is 2.66. The summed E-state index contributed by atoms with van der Waals surface area (Å²) in [5.41, 5.74) is 2.40. The molecule has 0 aliphatic heterocycles. The third-order valence-corrected chi connectivity index (χ3v) is 2.47. The van der Waals surface area contributed by atoms with Crippen LogP contribution in [0, 0.1) is 0 Å². The standard InChI is InChI=1S/C13H13N3O/c1-2-10-5-3-4-6-12(10)16-13(17)11-7-14-9-15-8-11/h3-9H,2H2,1H3,(H,16,17). The molecular formula is C13H13N3O. The molecular weight excluding hydrogens is 214 g/mol. The van der Waals surface area contributed by atoms with Crippen molar-refractivity contribution in [3.63, 3.8) is 0 Å². The Bertz CT molecular complexity index is 511. The van der Waals surface area contributed by atoms with Crippen molar-refractivity contribution in [2.24, 2.45) is 0 Å². The van der Waals surface area contributed by atoms with Crippen molar-refractivity contribution in [1.29, 1.82) is 0 Å². The largest absolute Gasteiger partial charge is 0.322 e. The molecule has 0 atom stereocenters. The predicted octanol–water partition coefficient (Wildman–Crippen LogP) is 2.29. The number of anilines is 1. The lowest BCUT2D eigenvalue weighted by Crippen LogP contribution is -2.13. The summed E-state index contributed by atoms with van der Waals surface area (Å²) in [5, 5.41) is 2.86. The zero-order valence-corrected chi connectivity index (χ0v) is 9.55. The zero-order chi connectivity index (χ0) is 12.1. The number of carbonyl (C=O) groups excluding carboxylic acids is 1. The molecule has 0 spiro atoms. The van der Waals surface area contributed by atoms with Gasteiger partial charge < -0.3 is 5.32 Å². The van der Waals surface area contributed by atoms with Crippen molar-refractivity contribution in [3.05, 3.63) is 54.1 Å². The summed E-state index contributed by atoms with van der Waals surface area (Å²) < 4.78 is 0. The van der Waals surface area contributed by atoms with Crippen molar-refractivity contribution < 1.29 is 4.79 Å². The summed E-state index contributed by atoms with van der Waals surface area (Å²) in [5.74, 6) is -0.188. The van der Waals surface area contributed by atoms with Crippen LogP contribution in [0.3, 0.4) is 0 Å². The summed E-state index contributed by atoms with van der Waals surface area (Å²) in [6.07, 6.45) is 5.27. The molecule has 0 fully saturated rings. The van der Waals surface area contributed by atoms with E-state index in [1.807, 2.05) is 24.3 Å². The van der Waals surface area contributed by atoms with E-state index < -0.39 is 0 Å². The molecule has 1 N–H and O–H groups in total. The van der Waals surface area contributed by atoms with Gasteiger partial charge in [-0.25, -0.2) is 9.97 Å². The molecule has 4 nitrogen and oxygen atoms in total. The fourth-order valence-electron chi connectivity index (χ4n) is 1.56. The van der Waals surface area contributed by atoms with Gasteiger partial charge in [-0.3, -0.25) is 4.79 Å². The molecule has 0 bridgehead atoms. The first-order valence-corrected chi connectivity index (χ1v) is 5.45. The Labute approximate surface area is 99.7 Å². The number of hydrogen-bond donors (Lipinski definition) is 1. The molecule has 0 radical (unpaired) electrons. The van der Waals surface area contributed by atoms with E-state index in [9.17, 15) is 4.79 Å². The molecule has 1 aromatic heterocycles. The van der Waals surface area contributed by atoms with Crippen molar-refractivity contribution in [1.82, 2.24) is 9.97 Å². The van der Waals surface area contributed by atoms with Gasteiger partial charge in [-0.05, 0) is 18.1 Å². The maximum Gasteiger partial charge on any atom is 0.258 e. The van der Waals surface area contributed by atoms with Crippen molar-refractivity contribution in [2.75, 3.05) is 5.32 Å². The lowest BCUT2D eigenvalue weighted by molar-refractivity contribution is 0.102. The van der Waals surface area contributed by atoms with Gasteiger partial charge >= 0.3 is 0 Å². The van der Waals surface area contributed by atoms with Crippen LogP contribution in [0.2, 0.25) is 0 Å². The van der Waals surface area contributed by atoms with E-state index in [2.05, 4.69) is 22.2 Å². The lowest BCUT2D eigenvalue weighted by Gasteiger charge is -2.08. The SMILES string of the molecule is CCc1ccccc1NC(=O)c1cncnc1. The van der Waals surface area contributed by atoms with Gasteiger partial charge in [0.25, 0.3) is 5.91 Å². The Morgan fingerprint density at radius 1 is 1.24 bits per heavy atom. The number of nitrogens with one attached hydrogen (secondary N) is 1. The number of aromatic nitrogens is 2. The second-order valence-electron chi connectivity index (χ2n) is 3.59. The van der Waals surface area contributed by atoms with Gasteiger partial charge in [0.1, 0.15) is 6.33 Å². The van der Waals surface area contributed by atoms with Crippen LogP contribution in [-0.2, 0) is 6.42 Å². The van der Waals surface area contributed by atoms with Crippen LogP contribution in [0.1, 0.15) is 22.8 Å². The molecule has 2 rings (SSSR count). The Morgan fingerprint density at radius 3 is 2.65 bits per heavy atom. The predicted molar refractivity (Wildman–Crippen MR) is 65.8 cm³/mol. The van der Waals surface area contributed by atoms with E-state index in [4.69, 9.17) is 0 Å². The molecule has 0 aliphatic rings. The summed E-state index contributed by atoms with van der Waals surface area (Å²) in [6, 6.07) is 7.74. The number of carbonyl (C=O) groups is 1. The van der Waals surface area contributed by atoms with E-state index in [-0.39, 0.29) is 5.91 Å². The molecule has 17 heavy (non-hydrogen) atoms. The number of amides is 1. The second-order valence-corrected chi connectivity index (χ2v) is 3.59. The first-order chi connectivity index (χ1) is 8.31. The van der Waals surface area contributed by atoms with Crippen molar-refractivity contribution in [3.8, 4) is 0 Å². The van der Waals surface area contributed by atoms with Gasteiger partial charge in [0, 0.05) is 18.1 Å². The number of rotatable bonds is 3. The maximum atomic E-state index is 11.9. The average Bonchev–Trinajstić information content (AvgIpc) is 2.40. The lowest BCUT2D eigenvalue weighted by atomic mass is 10.1. The van der Waals surface area contributed by atoms with Crippen LogP contribution in [0.4, 0.5) is 5.69 Å². The molecule has 4 heteroatoms. The maximum absolute atomic E-state index is 11.9. The van der Waals surface area contributed by atoms with Crippen molar-refractivity contribution in [2.45, 2.75) is 13.3 Å². The molecule has 1 aromatic carbocycles. The number of para-hydroxylation sites is 1. The van der Waals surface area contributed by atoms with Crippen LogP contribution in [0.15, 0.2) is 43.0 Å². The van der Waals surface area contributed by atoms with E-state index >= 15 is 0 Å². The number of aryl methyl sites for hydroxylation is 1. The summed E-state index contributed by atoms with van der Waals surface area (Å²) >= 11 is 0. The fraction of sp³-hybridized carbons (Fsp3) is 0.154. The minimum absolute atomic E-state index is 0.188. The minimum Gasteiger partial charge on any atom is -0.322 e.